The van der Waals surface area contributed by atoms with Crippen LogP contribution in [0.4, 0.5) is 0 Å². The first kappa shape index (κ1) is 12.7. The maximum atomic E-state index is 11.1. The van der Waals surface area contributed by atoms with E-state index in [-0.39, 0.29) is 5.91 Å². The number of amides is 2. The largest absolute Gasteiger partial charge is 0.368 e. The molecule has 0 bridgehead atoms. The maximum Gasteiger partial charge on any atom is 0.240 e. The summed E-state index contributed by atoms with van der Waals surface area (Å²) in [6, 6.07) is 6.86. The van der Waals surface area contributed by atoms with Crippen LogP contribution in [0.25, 0.3) is 0 Å². The quantitative estimate of drug-likeness (QED) is 0.865. The SMILES string of the molecule is CC(=O)N[C@H](Cc1cccc(Br)c1)C(N)=O. The zero-order valence-corrected chi connectivity index (χ0v) is 10.5. The van der Waals surface area contributed by atoms with Gasteiger partial charge in [0.1, 0.15) is 6.04 Å². The number of nitrogens with two attached hydrogens (primary N) is 1. The molecule has 4 nitrogen and oxygen atoms in total. The zero-order valence-electron chi connectivity index (χ0n) is 8.87. The van der Waals surface area contributed by atoms with E-state index in [2.05, 4.69) is 21.2 Å². The van der Waals surface area contributed by atoms with E-state index in [1.54, 1.807) is 0 Å². The van der Waals surface area contributed by atoms with Crippen molar-refractivity contribution in [2.75, 3.05) is 0 Å². The third-order valence-corrected chi connectivity index (χ3v) is 2.54. The molecule has 1 aromatic carbocycles. The first-order valence-corrected chi connectivity index (χ1v) is 5.59. The van der Waals surface area contributed by atoms with Crippen molar-refractivity contribution in [1.29, 1.82) is 0 Å². The van der Waals surface area contributed by atoms with Crippen LogP contribution in [0, 0.1) is 0 Å². The summed E-state index contributed by atoms with van der Waals surface area (Å²) >= 11 is 3.34. The van der Waals surface area contributed by atoms with Crippen LogP contribution in [0.15, 0.2) is 28.7 Å². The van der Waals surface area contributed by atoms with Gasteiger partial charge in [0.05, 0.1) is 0 Å². The highest BCUT2D eigenvalue weighted by Crippen LogP contribution is 2.13. The number of hydrogen-bond donors (Lipinski definition) is 2. The van der Waals surface area contributed by atoms with Crippen molar-refractivity contribution in [2.45, 2.75) is 19.4 Å². The van der Waals surface area contributed by atoms with Crippen molar-refractivity contribution in [3.63, 3.8) is 0 Å². The van der Waals surface area contributed by atoms with E-state index in [0.29, 0.717) is 6.42 Å². The molecular formula is C11H13BrN2O2. The van der Waals surface area contributed by atoms with Crippen LogP contribution >= 0.6 is 15.9 Å². The Bertz CT molecular complexity index is 407. The third-order valence-electron chi connectivity index (χ3n) is 2.05. The summed E-state index contributed by atoms with van der Waals surface area (Å²) in [5, 5.41) is 2.52. The molecule has 0 saturated heterocycles. The lowest BCUT2D eigenvalue weighted by Gasteiger charge is -2.14. The molecular weight excluding hydrogens is 272 g/mol. The van der Waals surface area contributed by atoms with Crippen LogP contribution < -0.4 is 11.1 Å². The Balaban J connectivity index is 2.75. The topological polar surface area (TPSA) is 72.2 Å². The van der Waals surface area contributed by atoms with Gasteiger partial charge in [-0.1, -0.05) is 28.1 Å². The summed E-state index contributed by atoms with van der Waals surface area (Å²) in [5.74, 6) is -0.797. The van der Waals surface area contributed by atoms with Crippen LogP contribution in [0.2, 0.25) is 0 Å². The molecule has 0 fully saturated rings. The summed E-state index contributed by atoms with van der Waals surface area (Å²) in [7, 11) is 0. The zero-order chi connectivity index (χ0) is 12.1. The van der Waals surface area contributed by atoms with Gasteiger partial charge < -0.3 is 11.1 Å². The fourth-order valence-corrected chi connectivity index (χ4v) is 1.81. The lowest BCUT2D eigenvalue weighted by molar-refractivity contribution is -0.126. The summed E-state index contributed by atoms with van der Waals surface area (Å²) < 4.78 is 0.927. The molecule has 0 heterocycles. The second-order valence-electron chi connectivity index (χ2n) is 3.49. The van der Waals surface area contributed by atoms with Crippen molar-refractivity contribution < 1.29 is 9.59 Å². The first-order valence-electron chi connectivity index (χ1n) is 4.80. The van der Waals surface area contributed by atoms with Gasteiger partial charge in [0.25, 0.3) is 0 Å². The standard InChI is InChI=1S/C11H13BrN2O2/c1-7(15)14-10(11(13)16)6-8-3-2-4-9(12)5-8/h2-5,10H,6H2,1H3,(H2,13,16)(H,14,15)/t10-/m1/s1. The number of carbonyl (C=O) groups excluding carboxylic acids is 2. The highest BCUT2D eigenvalue weighted by atomic mass is 79.9. The van der Waals surface area contributed by atoms with Gasteiger partial charge in [0.15, 0.2) is 0 Å². The second kappa shape index (κ2) is 5.65. The Hall–Kier alpha value is -1.36. The molecule has 2 amide bonds. The van der Waals surface area contributed by atoms with Crippen LogP contribution in [-0.4, -0.2) is 17.9 Å². The van der Waals surface area contributed by atoms with E-state index >= 15 is 0 Å². The molecule has 0 aliphatic rings. The molecule has 86 valence electrons. The van der Waals surface area contributed by atoms with Gasteiger partial charge in [-0.3, -0.25) is 9.59 Å². The number of halogens is 1. The Labute approximate surface area is 102 Å². The Kier molecular flexibility index (Phi) is 4.49. The molecule has 0 spiro atoms. The minimum absolute atomic E-state index is 0.265. The van der Waals surface area contributed by atoms with Gasteiger partial charge in [-0.15, -0.1) is 0 Å². The van der Waals surface area contributed by atoms with Gasteiger partial charge in [0.2, 0.25) is 11.8 Å². The van der Waals surface area contributed by atoms with Crippen molar-refractivity contribution in [2.24, 2.45) is 5.73 Å². The van der Waals surface area contributed by atoms with Crippen molar-refractivity contribution in [3.05, 3.63) is 34.3 Å². The third kappa shape index (κ3) is 4.02. The summed E-state index contributed by atoms with van der Waals surface area (Å²) in [6.45, 7) is 1.36. The summed E-state index contributed by atoms with van der Waals surface area (Å²) in [6.07, 6.45) is 0.397. The molecule has 0 unspecified atom stereocenters. The Morgan fingerprint density at radius 1 is 1.50 bits per heavy atom. The van der Waals surface area contributed by atoms with Crippen molar-refractivity contribution in [3.8, 4) is 0 Å². The molecule has 1 rings (SSSR count). The fourth-order valence-electron chi connectivity index (χ4n) is 1.37. The molecule has 3 N–H and O–H groups in total. The molecule has 1 atom stereocenters. The normalized spacial score (nSPS) is 11.9. The molecule has 0 saturated carbocycles. The number of benzene rings is 1. The lowest BCUT2D eigenvalue weighted by atomic mass is 10.1. The van der Waals surface area contributed by atoms with Crippen LogP contribution in [0.5, 0.6) is 0 Å². The summed E-state index contributed by atoms with van der Waals surface area (Å²) in [4.78, 5) is 22.0. The van der Waals surface area contributed by atoms with E-state index in [1.807, 2.05) is 24.3 Å². The highest BCUT2D eigenvalue weighted by Gasteiger charge is 2.16. The maximum absolute atomic E-state index is 11.1. The minimum atomic E-state index is -0.660. The van der Waals surface area contributed by atoms with Gasteiger partial charge in [-0.25, -0.2) is 0 Å². The van der Waals surface area contributed by atoms with Crippen LogP contribution in [0.1, 0.15) is 12.5 Å². The van der Waals surface area contributed by atoms with E-state index in [1.165, 1.54) is 6.92 Å². The smallest absolute Gasteiger partial charge is 0.240 e. The van der Waals surface area contributed by atoms with Gasteiger partial charge in [-0.2, -0.15) is 0 Å². The monoisotopic (exact) mass is 284 g/mol. The van der Waals surface area contributed by atoms with Crippen molar-refractivity contribution >= 4 is 27.7 Å². The Morgan fingerprint density at radius 2 is 2.19 bits per heavy atom. The molecule has 16 heavy (non-hydrogen) atoms. The van der Waals surface area contributed by atoms with E-state index < -0.39 is 11.9 Å². The van der Waals surface area contributed by atoms with Crippen LogP contribution in [-0.2, 0) is 16.0 Å². The number of hydrogen-bond acceptors (Lipinski definition) is 2. The molecule has 5 heteroatoms. The predicted molar refractivity (Wildman–Crippen MR) is 64.6 cm³/mol. The Morgan fingerprint density at radius 3 is 2.69 bits per heavy atom. The molecule has 0 aliphatic carbocycles. The average Bonchev–Trinajstić information content (AvgIpc) is 2.15. The van der Waals surface area contributed by atoms with E-state index in [4.69, 9.17) is 5.73 Å². The number of carbonyl (C=O) groups is 2. The van der Waals surface area contributed by atoms with Crippen LogP contribution in [0.3, 0.4) is 0 Å². The predicted octanol–water partition coefficient (Wildman–Crippen LogP) is 0.982. The molecule has 0 radical (unpaired) electrons. The highest BCUT2D eigenvalue weighted by molar-refractivity contribution is 9.10. The van der Waals surface area contributed by atoms with E-state index in [0.717, 1.165) is 10.0 Å². The number of rotatable bonds is 4. The number of primary amides is 1. The van der Waals surface area contributed by atoms with Crippen molar-refractivity contribution in [1.82, 2.24) is 5.32 Å². The second-order valence-corrected chi connectivity index (χ2v) is 4.41. The minimum Gasteiger partial charge on any atom is -0.368 e. The lowest BCUT2D eigenvalue weighted by Crippen LogP contribution is -2.44. The van der Waals surface area contributed by atoms with E-state index in [9.17, 15) is 9.59 Å². The molecule has 0 aromatic heterocycles. The summed E-state index contributed by atoms with van der Waals surface area (Å²) in [5.41, 5.74) is 6.14. The fraction of sp³-hybridized carbons (Fsp3) is 0.273. The average molecular weight is 285 g/mol. The van der Waals surface area contributed by atoms with Gasteiger partial charge >= 0.3 is 0 Å². The van der Waals surface area contributed by atoms with Gasteiger partial charge in [0, 0.05) is 17.8 Å². The number of nitrogens with one attached hydrogen (secondary N) is 1. The van der Waals surface area contributed by atoms with Gasteiger partial charge in [-0.05, 0) is 17.7 Å². The molecule has 0 aliphatic heterocycles. The first-order chi connectivity index (χ1) is 7.49. The molecule has 1 aromatic rings.